The Labute approximate surface area is 98.9 Å². The van der Waals surface area contributed by atoms with Crippen molar-refractivity contribution in [1.82, 2.24) is 10.6 Å². The normalized spacial score (nSPS) is 15.4. The van der Waals surface area contributed by atoms with Gasteiger partial charge < -0.3 is 10.6 Å². The monoisotopic (exact) mass is 239 g/mol. The third-order valence-corrected chi connectivity index (χ3v) is 2.59. The number of guanidine groups is 1. The first-order chi connectivity index (χ1) is 8.25. The lowest BCUT2D eigenvalue weighted by Crippen LogP contribution is -2.40. The molecule has 17 heavy (non-hydrogen) atoms. The molecule has 0 radical (unpaired) electrons. The molecule has 5 heteroatoms. The molecule has 0 spiro atoms. The van der Waals surface area contributed by atoms with E-state index in [1.165, 1.54) is 12.1 Å². The van der Waals surface area contributed by atoms with Gasteiger partial charge in [-0.05, 0) is 12.0 Å². The van der Waals surface area contributed by atoms with Crippen molar-refractivity contribution in [2.45, 2.75) is 19.4 Å². The van der Waals surface area contributed by atoms with E-state index in [0.717, 1.165) is 31.0 Å². The van der Waals surface area contributed by atoms with Crippen LogP contribution >= 0.6 is 0 Å². The summed E-state index contributed by atoms with van der Waals surface area (Å²) < 4.78 is 24.7. The Morgan fingerprint density at radius 1 is 1.29 bits per heavy atom. The first kappa shape index (κ1) is 11.8. The Balaban J connectivity index is 1.88. The fourth-order valence-corrected chi connectivity index (χ4v) is 1.62. The van der Waals surface area contributed by atoms with Crippen LogP contribution in [0.5, 0.6) is 0 Å². The number of aliphatic imine (C=N–C) groups is 1. The van der Waals surface area contributed by atoms with Crippen molar-refractivity contribution in [3.05, 3.63) is 35.4 Å². The molecule has 0 bridgehead atoms. The van der Waals surface area contributed by atoms with Crippen LogP contribution in [0.2, 0.25) is 0 Å². The number of nitrogens with one attached hydrogen (secondary N) is 2. The molecule has 92 valence electrons. The summed E-state index contributed by atoms with van der Waals surface area (Å²) in [6.45, 7) is 2.35. The highest BCUT2D eigenvalue weighted by molar-refractivity contribution is 5.80. The van der Waals surface area contributed by atoms with Crippen LogP contribution in [0.4, 0.5) is 8.78 Å². The molecule has 0 atom stereocenters. The molecule has 1 heterocycles. The number of hydrogen-bond donors (Lipinski definition) is 2. The van der Waals surface area contributed by atoms with Gasteiger partial charge in [0.1, 0.15) is 0 Å². The summed E-state index contributed by atoms with van der Waals surface area (Å²) in [5.74, 6) is 0.786. The molecule has 0 fully saturated rings. The number of rotatable bonds is 3. The summed E-state index contributed by atoms with van der Waals surface area (Å²) in [5.41, 5.74) is 1.02. The van der Waals surface area contributed by atoms with Gasteiger partial charge in [-0.3, -0.25) is 4.99 Å². The van der Waals surface area contributed by atoms with Gasteiger partial charge in [0, 0.05) is 25.2 Å². The van der Waals surface area contributed by atoms with E-state index >= 15 is 0 Å². The number of benzene rings is 1. The zero-order chi connectivity index (χ0) is 12.1. The van der Waals surface area contributed by atoms with E-state index in [2.05, 4.69) is 15.6 Å². The second-order valence-corrected chi connectivity index (χ2v) is 3.91. The molecule has 2 N–H and O–H groups in total. The summed E-state index contributed by atoms with van der Waals surface area (Å²) in [4.78, 5) is 4.26. The van der Waals surface area contributed by atoms with Crippen LogP contribution in [-0.2, 0) is 6.54 Å². The minimum Gasteiger partial charge on any atom is -0.356 e. The lowest BCUT2D eigenvalue weighted by molar-refractivity contribution is 0.151. The summed E-state index contributed by atoms with van der Waals surface area (Å²) in [5, 5.41) is 6.28. The van der Waals surface area contributed by atoms with Crippen LogP contribution in [0, 0.1) is 0 Å². The third-order valence-electron chi connectivity index (χ3n) is 2.59. The number of halogens is 2. The Bertz CT molecular complexity index is 387. The van der Waals surface area contributed by atoms with E-state index in [0.29, 0.717) is 6.54 Å². The highest BCUT2D eigenvalue weighted by atomic mass is 19.3. The van der Waals surface area contributed by atoms with Gasteiger partial charge in [-0.15, -0.1) is 0 Å². The Kier molecular flexibility index (Phi) is 3.90. The largest absolute Gasteiger partial charge is 0.356 e. The van der Waals surface area contributed by atoms with E-state index < -0.39 is 6.43 Å². The average Bonchev–Trinajstić information content (AvgIpc) is 2.38. The molecule has 2 rings (SSSR count). The highest BCUT2D eigenvalue weighted by Crippen LogP contribution is 2.18. The molecule has 0 unspecified atom stereocenters. The molecule has 1 aromatic carbocycles. The molecule has 0 aromatic heterocycles. The maximum absolute atomic E-state index is 12.3. The fraction of sp³-hybridized carbons (Fsp3) is 0.417. The molecular formula is C12H15F2N3. The zero-order valence-corrected chi connectivity index (χ0v) is 9.42. The summed E-state index contributed by atoms with van der Waals surface area (Å²) in [6, 6.07) is 6.32. The second kappa shape index (κ2) is 5.61. The van der Waals surface area contributed by atoms with E-state index in [1.807, 2.05) is 0 Å². The smallest absolute Gasteiger partial charge is 0.263 e. The first-order valence-electron chi connectivity index (χ1n) is 5.65. The van der Waals surface area contributed by atoms with Gasteiger partial charge in [-0.2, -0.15) is 0 Å². The lowest BCUT2D eigenvalue weighted by atomic mass is 10.1. The van der Waals surface area contributed by atoms with E-state index in [1.54, 1.807) is 12.1 Å². The van der Waals surface area contributed by atoms with Gasteiger partial charge in [-0.1, -0.05) is 24.3 Å². The molecule has 0 amide bonds. The van der Waals surface area contributed by atoms with E-state index in [-0.39, 0.29) is 5.56 Å². The van der Waals surface area contributed by atoms with Gasteiger partial charge in [0.2, 0.25) is 0 Å². The summed E-state index contributed by atoms with van der Waals surface area (Å²) in [6.07, 6.45) is -1.35. The van der Waals surface area contributed by atoms with E-state index in [9.17, 15) is 8.78 Å². The molecule has 0 aliphatic carbocycles. The molecule has 1 aromatic rings. The fourth-order valence-electron chi connectivity index (χ4n) is 1.62. The van der Waals surface area contributed by atoms with Crippen LogP contribution < -0.4 is 10.6 Å². The number of alkyl halides is 2. The van der Waals surface area contributed by atoms with Gasteiger partial charge in [0.25, 0.3) is 6.43 Å². The molecule has 0 saturated carbocycles. The molecule has 1 aliphatic rings. The highest BCUT2D eigenvalue weighted by Gasteiger charge is 2.06. The van der Waals surface area contributed by atoms with Crippen molar-refractivity contribution in [2.75, 3.05) is 13.1 Å². The van der Waals surface area contributed by atoms with Crippen LogP contribution in [0.15, 0.2) is 29.3 Å². The van der Waals surface area contributed by atoms with Crippen molar-refractivity contribution in [3.63, 3.8) is 0 Å². The maximum Gasteiger partial charge on any atom is 0.263 e. The lowest BCUT2D eigenvalue weighted by Gasteiger charge is -2.16. The van der Waals surface area contributed by atoms with Gasteiger partial charge in [0.05, 0.1) is 0 Å². The quantitative estimate of drug-likeness (QED) is 0.847. The zero-order valence-electron chi connectivity index (χ0n) is 9.42. The maximum atomic E-state index is 12.3. The average molecular weight is 239 g/mol. The predicted octanol–water partition coefficient (Wildman–Crippen LogP) is 2.06. The number of hydrogen-bond acceptors (Lipinski definition) is 3. The molecular weight excluding hydrogens is 224 g/mol. The summed E-state index contributed by atoms with van der Waals surface area (Å²) >= 11 is 0. The SMILES string of the molecule is FC(F)c1ccc(CNC2=NCCCN2)cc1. The Morgan fingerprint density at radius 2 is 2.06 bits per heavy atom. The minimum absolute atomic E-state index is 0.0573. The van der Waals surface area contributed by atoms with Gasteiger partial charge in [0.15, 0.2) is 5.96 Å². The third kappa shape index (κ3) is 3.41. The van der Waals surface area contributed by atoms with Crippen molar-refractivity contribution in [3.8, 4) is 0 Å². The van der Waals surface area contributed by atoms with Crippen molar-refractivity contribution in [2.24, 2.45) is 4.99 Å². The topological polar surface area (TPSA) is 36.4 Å². The van der Waals surface area contributed by atoms with Crippen LogP contribution in [0.3, 0.4) is 0 Å². The van der Waals surface area contributed by atoms with Crippen LogP contribution in [0.1, 0.15) is 24.0 Å². The van der Waals surface area contributed by atoms with Crippen molar-refractivity contribution in [1.29, 1.82) is 0 Å². The predicted molar refractivity (Wildman–Crippen MR) is 63.2 cm³/mol. The van der Waals surface area contributed by atoms with Gasteiger partial charge in [-0.25, -0.2) is 8.78 Å². The van der Waals surface area contributed by atoms with E-state index in [4.69, 9.17) is 0 Å². The van der Waals surface area contributed by atoms with Gasteiger partial charge >= 0.3 is 0 Å². The molecule has 0 saturated heterocycles. The van der Waals surface area contributed by atoms with Crippen LogP contribution in [0.25, 0.3) is 0 Å². The summed E-state index contributed by atoms with van der Waals surface area (Å²) in [7, 11) is 0. The minimum atomic E-state index is -2.40. The molecule has 3 nitrogen and oxygen atoms in total. The van der Waals surface area contributed by atoms with Crippen LogP contribution in [-0.4, -0.2) is 19.0 Å². The van der Waals surface area contributed by atoms with Crippen molar-refractivity contribution >= 4 is 5.96 Å². The standard InChI is InChI=1S/C12H15F2N3/c13-11(14)10-4-2-9(3-5-10)8-17-12-15-6-1-7-16-12/h2-5,11H,1,6-8H2,(H2,15,16,17). The first-order valence-corrected chi connectivity index (χ1v) is 5.65. The second-order valence-electron chi connectivity index (χ2n) is 3.91. The van der Waals surface area contributed by atoms with Crippen molar-refractivity contribution < 1.29 is 8.78 Å². The Hall–Kier alpha value is -1.65. The Morgan fingerprint density at radius 3 is 2.65 bits per heavy atom. The number of nitrogens with zero attached hydrogens (tertiary/aromatic N) is 1. The molecule has 1 aliphatic heterocycles.